The summed E-state index contributed by atoms with van der Waals surface area (Å²) in [5.74, 6) is -0.223. The van der Waals surface area contributed by atoms with Gasteiger partial charge in [0.1, 0.15) is 5.82 Å². The molecule has 1 aromatic heterocycles. The smallest absolute Gasteiger partial charge is 0.396 e. The number of halogens is 3. The highest BCUT2D eigenvalue weighted by Crippen LogP contribution is 2.29. The molecule has 0 aliphatic rings. The molecule has 108 valence electrons. The van der Waals surface area contributed by atoms with Crippen LogP contribution in [-0.2, 0) is 6.18 Å². The molecule has 1 heterocycles. The van der Waals surface area contributed by atoms with Gasteiger partial charge in [-0.2, -0.15) is 18.2 Å². The zero-order valence-electron chi connectivity index (χ0n) is 10.5. The minimum Gasteiger partial charge on any atom is -0.396 e. The van der Waals surface area contributed by atoms with Crippen molar-refractivity contribution in [2.24, 2.45) is 5.92 Å². The molecule has 0 aliphatic carbocycles. The van der Waals surface area contributed by atoms with Gasteiger partial charge in [-0.25, -0.2) is 4.98 Å². The molecule has 4 N–H and O–H groups in total. The molecular formula is C11H17F3N4O. The van der Waals surface area contributed by atoms with E-state index in [2.05, 4.69) is 15.3 Å². The van der Waals surface area contributed by atoms with Crippen molar-refractivity contribution in [2.75, 3.05) is 24.2 Å². The Labute approximate surface area is 109 Å². The predicted octanol–water partition coefficient (Wildman–Crippen LogP) is 1.90. The number of rotatable bonds is 6. The van der Waals surface area contributed by atoms with Crippen molar-refractivity contribution >= 4 is 11.8 Å². The molecule has 0 radical (unpaired) electrons. The minimum atomic E-state index is -4.55. The molecule has 1 aromatic rings. The van der Waals surface area contributed by atoms with Gasteiger partial charge in [0.15, 0.2) is 5.69 Å². The highest BCUT2D eigenvalue weighted by molar-refractivity contribution is 5.41. The number of aliphatic hydroxyl groups is 1. The van der Waals surface area contributed by atoms with Crippen molar-refractivity contribution in [3.05, 3.63) is 11.8 Å². The lowest BCUT2D eigenvalue weighted by Gasteiger charge is -2.15. The Bertz CT molecular complexity index is 411. The zero-order chi connectivity index (χ0) is 14.5. The topological polar surface area (TPSA) is 84.1 Å². The van der Waals surface area contributed by atoms with Crippen molar-refractivity contribution in [1.82, 2.24) is 9.97 Å². The van der Waals surface area contributed by atoms with Gasteiger partial charge in [-0.15, -0.1) is 0 Å². The summed E-state index contributed by atoms with van der Waals surface area (Å²) >= 11 is 0. The standard InChI is InChI=1S/C11H17F3N4O/c1-2-7(3-4-19)6-16-9-5-8(11(12,13)14)17-10(15)18-9/h5,7,19H,2-4,6H2,1H3,(H3,15,16,17,18). The van der Waals surface area contributed by atoms with E-state index in [9.17, 15) is 13.2 Å². The fraction of sp³-hybridized carbons (Fsp3) is 0.636. The van der Waals surface area contributed by atoms with Crippen LogP contribution in [0.3, 0.4) is 0 Å². The first-order chi connectivity index (χ1) is 8.86. The van der Waals surface area contributed by atoms with Crippen molar-refractivity contribution in [2.45, 2.75) is 25.9 Å². The largest absolute Gasteiger partial charge is 0.433 e. The summed E-state index contributed by atoms with van der Waals surface area (Å²) in [6, 6.07) is 0.821. The number of nitrogens with two attached hydrogens (primary N) is 1. The lowest BCUT2D eigenvalue weighted by atomic mass is 10.0. The van der Waals surface area contributed by atoms with Crippen LogP contribution in [0.4, 0.5) is 24.9 Å². The maximum atomic E-state index is 12.5. The number of aromatic nitrogens is 2. The van der Waals surface area contributed by atoms with Crippen LogP contribution in [0.25, 0.3) is 0 Å². The Morgan fingerprint density at radius 3 is 2.63 bits per heavy atom. The van der Waals surface area contributed by atoms with E-state index in [-0.39, 0.29) is 18.3 Å². The Morgan fingerprint density at radius 1 is 1.42 bits per heavy atom. The van der Waals surface area contributed by atoms with Crippen LogP contribution in [-0.4, -0.2) is 28.2 Å². The third-order valence-electron chi connectivity index (χ3n) is 2.72. The van der Waals surface area contributed by atoms with Gasteiger partial charge in [0.2, 0.25) is 5.95 Å². The molecule has 8 heteroatoms. The fourth-order valence-electron chi connectivity index (χ4n) is 1.58. The summed E-state index contributed by atoms with van der Waals surface area (Å²) in [5, 5.41) is 11.6. The maximum absolute atomic E-state index is 12.5. The van der Waals surface area contributed by atoms with Gasteiger partial charge in [0.05, 0.1) is 0 Å². The minimum absolute atomic E-state index is 0.0382. The highest BCUT2D eigenvalue weighted by atomic mass is 19.4. The van der Waals surface area contributed by atoms with Crippen LogP contribution in [0.2, 0.25) is 0 Å². The number of nitrogens with zero attached hydrogens (tertiary/aromatic N) is 2. The van der Waals surface area contributed by atoms with E-state index >= 15 is 0 Å². The van der Waals surface area contributed by atoms with E-state index in [1.807, 2.05) is 6.92 Å². The van der Waals surface area contributed by atoms with Gasteiger partial charge < -0.3 is 16.2 Å². The molecule has 1 unspecified atom stereocenters. The van der Waals surface area contributed by atoms with Gasteiger partial charge in [0.25, 0.3) is 0 Å². The number of anilines is 2. The normalized spacial score (nSPS) is 13.3. The van der Waals surface area contributed by atoms with Gasteiger partial charge in [-0.05, 0) is 12.3 Å². The first kappa shape index (κ1) is 15.5. The quantitative estimate of drug-likeness (QED) is 0.740. The van der Waals surface area contributed by atoms with Crippen molar-refractivity contribution < 1.29 is 18.3 Å². The third-order valence-corrected chi connectivity index (χ3v) is 2.72. The number of aliphatic hydroxyl groups excluding tert-OH is 1. The lowest BCUT2D eigenvalue weighted by molar-refractivity contribution is -0.141. The maximum Gasteiger partial charge on any atom is 0.433 e. The molecule has 0 fully saturated rings. The van der Waals surface area contributed by atoms with E-state index in [4.69, 9.17) is 10.8 Å². The van der Waals surface area contributed by atoms with E-state index in [1.54, 1.807) is 0 Å². The molecule has 0 saturated carbocycles. The van der Waals surface area contributed by atoms with Gasteiger partial charge in [0, 0.05) is 19.2 Å². The Hall–Kier alpha value is -1.57. The molecule has 0 aromatic carbocycles. The Morgan fingerprint density at radius 2 is 2.11 bits per heavy atom. The molecule has 5 nitrogen and oxygen atoms in total. The van der Waals surface area contributed by atoms with Crippen LogP contribution in [0, 0.1) is 5.92 Å². The molecule has 1 rings (SSSR count). The van der Waals surface area contributed by atoms with Crippen LogP contribution >= 0.6 is 0 Å². The van der Waals surface area contributed by atoms with Gasteiger partial charge in [-0.3, -0.25) is 0 Å². The number of alkyl halides is 3. The van der Waals surface area contributed by atoms with Crippen LogP contribution < -0.4 is 11.1 Å². The lowest BCUT2D eigenvalue weighted by Crippen LogP contribution is -2.18. The summed E-state index contributed by atoms with van der Waals surface area (Å²) in [6.07, 6.45) is -3.17. The van der Waals surface area contributed by atoms with Crippen molar-refractivity contribution in [3.8, 4) is 0 Å². The second-order valence-electron chi connectivity index (χ2n) is 4.16. The summed E-state index contributed by atoms with van der Waals surface area (Å²) in [4.78, 5) is 6.86. The molecular weight excluding hydrogens is 261 g/mol. The first-order valence-electron chi connectivity index (χ1n) is 5.93. The van der Waals surface area contributed by atoms with Gasteiger partial charge in [-0.1, -0.05) is 13.3 Å². The number of nitrogens with one attached hydrogen (secondary N) is 1. The summed E-state index contributed by atoms with van der Waals surface area (Å²) < 4.78 is 37.6. The summed E-state index contributed by atoms with van der Waals surface area (Å²) in [7, 11) is 0. The predicted molar refractivity (Wildman–Crippen MR) is 65.4 cm³/mol. The second-order valence-corrected chi connectivity index (χ2v) is 4.16. The molecule has 0 aliphatic heterocycles. The van der Waals surface area contributed by atoms with E-state index in [1.165, 1.54) is 0 Å². The fourth-order valence-corrected chi connectivity index (χ4v) is 1.58. The van der Waals surface area contributed by atoms with Gasteiger partial charge >= 0.3 is 6.18 Å². The zero-order valence-corrected chi connectivity index (χ0v) is 10.5. The van der Waals surface area contributed by atoms with Crippen molar-refractivity contribution in [1.29, 1.82) is 0 Å². The Balaban J connectivity index is 2.76. The number of nitrogen functional groups attached to an aromatic ring is 1. The van der Waals surface area contributed by atoms with Crippen LogP contribution in [0.5, 0.6) is 0 Å². The molecule has 0 spiro atoms. The van der Waals surface area contributed by atoms with E-state index in [0.29, 0.717) is 13.0 Å². The SMILES string of the molecule is CCC(CCO)CNc1cc(C(F)(F)F)nc(N)n1. The van der Waals surface area contributed by atoms with Crippen LogP contribution in [0.1, 0.15) is 25.5 Å². The molecule has 1 atom stereocenters. The molecule has 0 saturated heterocycles. The summed E-state index contributed by atoms with van der Waals surface area (Å²) in [6.45, 7) is 2.40. The average Bonchev–Trinajstić information content (AvgIpc) is 2.32. The highest BCUT2D eigenvalue weighted by Gasteiger charge is 2.33. The molecule has 0 bridgehead atoms. The second kappa shape index (κ2) is 6.55. The third kappa shape index (κ3) is 4.90. The molecule has 0 amide bonds. The molecule has 19 heavy (non-hydrogen) atoms. The summed E-state index contributed by atoms with van der Waals surface area (Å²) in [5.41, 5.74) is 4.18. The average molecular weight is 278 g/mol. The Kier molecular flexibility index (Phi) is 5.34. The first-order valence-corrected chi connectivity index (χ1v) is 5.93. The number of hydrogen-bond acceptors (Lipinski definition) is 5. The van der Waals surface area contributed by atoms with E-state index < -0.39 is 17.8 Å². The van der Waals surface area contributed by atoms with Crippen molar-refractivity contribution in [3.63, 3.8) is 0 Å². The number of hydrogen-bond donors (Lipinski definition) is 3. The van der Waals surface area contributed by atoms with Crippen LogP contribution in [0.15, 0.2) is 6.07 Å². The van der Waals surface area contributed by atoms with E-state index in [0.717, 1.165) is 12.5 Å². The monoisotopic (exact) mass is 278 g/mol.